The first-order valence-electron chi connectivity index (χ1n) is 5.79. The number of alkyl halides is 1. The maximum absolute atomic E-state index is 5.85. The van der Waals surface area contributed by atoms with Crippen molar-refractivity contribution in [1.82, 2.24) is 4.98 Å². The molecule has 0 saturated carbocycles. The molecule has 1 aromatic rings. The van der Waals surface area contributed by atoms with Gasteiger partial charge < -0.3 is 4.74 Å². The van der Waals surface area contributed by atoms with E-state index in [0.29, 0.717) is 11.8 Å². The number of hydrogen-bond donors (Lipinski definition) is 0. The largest absolute Gasteiger partial charge is 0.371 e. The molecule has 0 saturated heterocycles. The van der Waals surface area contributed by atoms with Crippen molar-refractivity contribution in [2.24, 2.45) is 5.92 Å². The first kappa shape index (κ1) is 13.9. The van der Waals surface area contributed by atoms with Crippen molar-refractivity contribution in [3.8, 4) is 0 Å². The summed E-state index contributed by atoms with van der Waals surface area (Å²) >= 11 is 7.38. The molecule has 4 heteroatoms. The van der Waals surface area contributed by atoms with E-state index >= 15 is 0 Å². The molecule has 1 unspecified atom stereocenters. The molecule has 0 amide bonds. The van der Waals surface area contributed by atoms with Crippen molar-refractivity contribution >= 4 is 22.9 Å². The minimum atomic E-state index is 0.140. The average molecular weight is 262 g/mol. The quantitative estimate of drug-likeness (QED) is 0.679. The Morgan fingerprint density at radius 1 is 1.50 bits per heavy atom. The molecule has 2 nitrogen and oxygen atoms in total. The minimum absolute atomic E-state index is 0.140. The van der Waals surface area contributed by atoms with Crippen LogP contribution >= 0.6 is 22.9 Å². The Bertz CT molecular complexity index is 301. The van der Waals surface area contributed by atoms with E-state index in [2.05, 4.69) is 25.8 Å². The van der Waals surface area contributed by atoms with Gasteiger partial charge in [-0.2, -0.15) is 0 Å². The Hall–Kier alpha value is -0.120. The Balaban J connectivity index is 2.46. The first-order chi connectivity index (χ1) is 7.67. The topological polar surface area (TPSA) is 22.1 Å². The second-order valence-electron chi connectivity index (χ2n) is 4.26. The lowest BCUT2D eigenvalue weighted by atomic mass is 10.1. The van der Waals surface area contributed by atoms with E-state index in [9.17, 15) is 0 Å². The molecular formula is C12H20ClNOS. The molecule has 0 aliphatic heterocycles. The van der Waals surface area contributed by atoms with Crippen LogP contribution in [-0.4, -0.2) is 11.6 Å². The normalized spacial score (nSPS) is 13.3. The molecule has 1 rings (SSSR count). The summed E-state index contributed by atoms with van der Waals surface area (Å²) in [6.07, 6.45) is 2.21. The molecular weight excluding hydrogens is 242 g/mol. The fraction of sp³-hybridized carbons (Fsp3) is 0.750. The van der Waals surface area contributed by atoms with Gasteiger partial charge in [-0.15, -0.1) is 22.9 Å². The van der Waals surface area contributed by atoms with Crippen molar-refractivity contribution in [3.05, 3.63) is 16.1 Å². The van der Waals surface area contributed by atoms with Crippen LogP contribution in [0.5, 0.6) is 0 Å². The molecule has 0 bridgehead atoms. The Morgan fingerprint density at radius 3 is 2.75 bits per heavy atom. The SMILES string of the molecule is CCC(OCCC(C)C)c1nc(CCl)cs1. The maximum Gasteiger partial charge on any atom is 0.122 e. The van der Waals surface area contributed by atoms with Crippen LogP contribution in [0.2, 0.25) is 0 Å². The predicted octanol–water partition coefficient (Wildman–Crippen LogP) is 4.40. The highest BCUT2D eigenvalue weighted by atomic mass is 35.5. The zero-order valence-electron chi connectivity index (χ0n) is 10.2. The highest BCUT2D eigenvalue weighted by Gasteiger charge is 2.14. The van der Waals surface area contributed by atoms with Crippen LogP contribution in [0.1, 0.15) is 50.4 Å². The number of nitrogens with zero attached hydrogens (tertiary/aromatic N) is 1. The van der Waals surface area contributed by atoms with Gasteiger partial charge in [0.05, 0.1) is 11.6 Å². The van der Waals surface area contributed by atoms with Gasteiger partial charge in [0, 0.05) is 12.0 Å². The molecule has 16 heavy (non-hydrogen) atoms. The first-order valence-corrected chi connectivity index (χ1v) is 7.20. The monoisotopic (exact) mass is 261 g/mol. The second kappa shape index (κ2) is 7.25. The molecule has 0 fully saturated rings. The van der Waals surface area contributed by atoms with Crippen molar-refractivity contribution < 1.29 is 4.74 Å². The fourth-order valence-corrected chi connectivity index (χ4v) is 2.52. The number of thiazole rings is 1. The van der Waals surface area contributed by atoms with Crippen molar-refractivity contribution in [1.29, 1.82) is 0 Å². The Kier molecular flexibility index (Phi) is 6.32. The number of halogens is 1. The van der Waals surface area contributed by atoms with E-state index in [-0.39, 0.29) is 6.10 Å². The van der Waals surface area contributed by atoms with E-state index in [4.69, 9.17) is 16.3 Å². The summed E-state index contributed by atoms with van der Waals surface area (Å²) < 4.78 is 5.85. The third-order valence-corrected chi connectivity index (χ3v) is 3.63. The highest BCUT2D eigenvalue weighted by Crippen LogP contribution is 2.25. The minimum Gasteiger partial charge on any atom is -0.371 e. The zero-order chi connectivity index (χ0) is 12.0. The van der Waals surface area contributed by atoms with Gasteiger partial charge in [-0.1, -0.05) is 20.8 Å². The predicted molar refractivity (Wildman–Crippen MR) is 70.1 cm³/mol. The molecule has 0 radical (unpaired) electrons. The highest BCUT2D eigenvalue weighted by molar-refractivity contribution is 7.09. The van der Waals surface area contributed by atoms with Crippen LogP contribution < -0.4 is 0 Å². The molecule has 1 heterocycles. The zero-order valence-corrected chi connectivity index (χ0v) is 11.8. The van der Waals surface area contributed by atoms with Gasteiger partial charge in [0.2, 0.25) is 0 Å². The number of ether oxygens (including phenoxy) is 1. The van der Waals surface area contributed by atoms with Gasteiger partial charge in [-0.25, -0.2) is 4.98 Å². The van der Waals surface area contributed by atoms with Gasteiger partial charge >= 0.3 is 0 Å². The molecule has 0 N–H and O–H groups in total. The Morgan fingerprint density at radius 2 is 2.25 bits per heavy atom. The third-order valence-electron chi connectivity index (χ3n) is 2.37. The number of hydrogen-bond acceptors (Lipinski definition) is 3. The van der Waals surface area contributed by atoms with Gasteiger partial charge in [0.15, 0.2) is 0 Å². The average Bonchev–Trinajstić information content (AvgIpc) is 2.72. The number of aromatic nitrogens is 1. The van der Waals surface area contributed by atoms with E-state index < -0.39 is 0 Å². The van der Waals surface area contributed by atoms with Crippen LogP contribution in [0, 0.1) is 5.92 Å². The van der Waals surface area contributed by atoms with Crippen LogP contribution in [0.25, 0.3) is 0 Å². The van der Waals surface area contributed by atoms with Crippen molar-refractivity contribution in [3.63, 3.8) is 0 Å². The van der Waals surface area contributed by atoms with E-state index in [1.807, 2.05) is 5.38 Å². The molecule has 0 aliphatic carbocycles. The third kappa shape index (κ3) is 4.40. The fourth-order valence-electron chi connectivity index (χ4n) is 1.34. The van der Waals surface area contributed by atoms with Crippen LogP contribution in [0.15, 0.2) is 5.38 Å². The summed E-state index contributed by atoms with van der Waals surface area (Å²) in [6.45, 7) is 7.35. The lowest BCUT2D eigenvalue weighted by Crippen LogP contribution is -2.06. The lowest BCUT2D eigenvalue weighted by Gasteiger charge is -2.14. The van der Waals surface area contributed by atoms with Crippen molar-refractivity contribution in [2.45, 2.75) is 45.6 Å². The second-order valence-corrected chi connectivity index (χ2v) is 5.42. The molecule has 0 aliphatic rings. The van der Waals surface area contributed by atoms with Crippen LogP contribution in [-0.2, 0) is 10.6 Å². The molecule has 0 spiro atoms. The van der Waals surface area contributed by atoms with Gasteiger partial charge in [-0.3, -0.25) is 0 Å². The summed E-state index contributed by atoms with van der Waals surface area (Å²) in [5.41, 5.74) is 0.951. The van der Waals surface area contributed by atoms with Crippen LogP contribution in [0.4, 0.5) is 0 Å². The van der Waals surface area contributed by atoms with E-state index in [1.165, 1.54) is 0 Å². The van der Waals surface area contributed by atoms with Gasteiger partial charge in [0.1, 0.15) is 11.1 Å². The number of rotatable bonds is 7. The molecule has 1 aromatic heterocycles. The molecule has 1 atom stereocenters. The molecule has 92 valence electrons. The smallest absolute Gasteiger partial charge is 0.122 e. The summed E-state index contributed by atoms with van der Waals surface area (Å²) in [5, 5.41) is 3.07. The molecule has 0 aromatic carbocycles. The summed E-state index contributed by atoms with van der Waals surface area (Å²) in [4.78, 5) is 4.46. The maximum atomic E-state index is 5.85. The van der Waals surface area contributed by atoms with Gasteiger partial charge in [0.25, 0.3) is 0 Å². The van der Waals surface area contributed by atoms with E-state index in [1.54, 1.807) is 11.3 Å². The lowest BCUT2D eigenvalue weighted by molar-refractivity contribution is 0.0430. The Labute approximate surface area is 107 Å². The summed E-state index contributed by atoms with van der Waals surface area (Å²) in [5.74, 6) is 1.17. The summed E-state index contributed by atoms with van der Waals surface area (Å²) in [7, 11) is 0. The standard InChI is InChI=1S/C12H20ClNOS/c1-4-11(15-6-5-9(2)3)12-14-10(7-13)8-16-12/h8-9,11H,4-7H2,1-3H3. The van der Waals surface area contributed by atoms with Gasteiger partial charge in [-0.05, 0) is 18.8 Å². The van der Waals surface area contributed by atoms with Crippen molar-refractivity contribution in [2.75, 3.05) is 6.61 Å². The van der Waals surface area contributed by atoms with Crippen LogP contribution in [0.3, 0.4) is 0 Å². The summed E-state index contributed by atoms with van der Waals surface area (Å²) in [6, 6.07) is 0. The van der Waals surface area contributed by atoms with E-state index in [0.717, 1.165) is 30.2 Å².